The largest absolute Gasteiger partial charge is 0.351 e. The summed E-state index contributed by atoms with van der Waals surface area (Å²) in [6.45, 7) is 3.15. The van der Waals surface area contributed by atoms with Gasteiger partial charge in [-0.3, -0.25) is 4.79 Å². The molecule has 0 spiro atoms. The van der Waals surface area contributed by atoms with Gasteiger partial charge in [0.25, 0.3) is 5.91 Å². The number of nitrogens with one attached hydrogen (secondary N) is 1. The number of thiophene rings is 1. The van der Waals surface area contributed by atoms with Crippen molar-refractivity contribution in [2.24, 2.45) is 5.73 Å². The molecule has 0 saturated carbocycles. The normalized spacial score (nSPS) is 10.2. The van der Waals surface area contributed by atoms with Crippen molar-refractivity contribution in [2.75, 3.05) is 13.1 Å². The van der Waals surface area contributed by atoms with Crippen molar-refractivity contribution in [3.8, 4) is 9.88 Å². The number of aromatic nitrogens is 1. The van der Waals surface area contributed by atoms with Crippen LogP contribution < -0.4 is 11.1 Å². The Hall–Kier alpha value is -0.660. The SMILES string of the molecule is Cc1nc(-c2ccc(Cl)s2)sc1C(=O)NCCCCN.Cl. The fourth-order valence-corrected chi connectivity index (χ4v) is 3.77. The maximum atomic E-state index is 12.1. The molecule has 2 heterocycles. The molecule has 0 unspecified atom stereocenters. The van der Waals surface area contributed by atoms with E-state index in [4.69, 9.17) is 17.3 Å². The molecule has 0 fully saturated rings. The third-order valence-corrected chi connectivity index (χ3v) is 5.26. The minimum atomic E-state index is -0.0640. The zero-order valence-electron chi connectivity index (χ0n) is 11.5. The zero-order chi connectivity index (χ0) is 14.5. The molecule has 2 aromatic heterocycles. The Kier molecular flexibility index (Phi) is 7.62. The number of amides is 1. The molecule has 0 radical (unpaired) electrons. The standard InChI is InChI=1S/C13H16ClN3OS2.ClH/c1-8-11(12(18)16-7-3-2-6-15)20-13(17-8)9-4-5-10(14)19-9;/h4-5H,2-3,6-7,15H2,1H3,(H,16,18);1H. The quantitative estimate of drug-likeness (QED) is 0.766. The van der Waals surface area contributed by atoms with E-state index in [1.54, 1.807) is 0 Å². The summed E-state index contributed by atoms with van der Waals surface area (Å²) < 4.78 is 0.723. The number of halogens is 2. The van der Waals surface area contributed by atoms with Gasteiger partial charge in [-0.05, 0) is 38.4 Å². The third kappa shape index (κ3) is 4.93. The molecule has 0 atom stereocenters. The second-order valence-electron chi connectivity index (χ2n) is 4.29. The van der Waals surface area contributed by atoms with Gasteiger partial charge in [-0.1, -0.05) is 11.6 Å². The van der Waals surface area contributed by atoms with Gasteiger partial charge in [-0.15, -0.1) is 35.1 Å². The van der Waals surface area contributed by atoms with E-state index in [1.165, 1.54) is 22.7 Å². The van der Waals surface area contributed by atoms with Crippen LogP contribution >= 0.6 is 46.7 Å². The van der Waals surface area contributed by atoms with E-state index in [0.717, 1.165) is 32.8 Å². The number of hydrogen-bond acceptors (Lipinski definition) is 5. The summed E-state index contributed by atoms with van der Waals surface area (Å²) in [5.41, 5.74) is 6.18. The number of rotatable bonds is 6. The van der Waals surface area contributed by atoms with Crippen LogP contribution in [-0.2, 0) is 0 Å². The van der Waals surface area contributed by atoms with E-state index in [-0.39, 0.29) is 18.3 Å². The number of thiazole rings is 1. The Morgan fingerprint density at radius 1 is 1.38 bits per heavy atom. The average molecular weight is 366 g/mol. The molecule has 116 valence electrons. The van der Waals surface area contributed by atoms with Gasteiger partial charge in [0.15, 0.2) is 0 Å². The van der Waals surface area contributed by atoms with Crippen LogP contribution in [0.3, 0.4) is 0 Å². The molecule has 21 heavy (non-hydrogen) atoms. The number of nitrogens with zero attached hydrogens (tertiary/aromatic N) is 1. The Bertz CT molecular complexity index is 598. The van der Waals surface area contributed by atoms with E-state index in [1.807, 2.05) is 19.1 Å². The van der Waals surface area contributed by atoms with Crippen molar-refractivity contribution in [2.45, 2.75) is 19.8 Å². The molecule has 0 bridgehead atoms. The number of unbranched alkanes of at least 4 members (excludes halogenated alkanes) is 1. The van der Waals surface area contributed by atoms with Crippen LogP contribution in [0.15, 0.2) is 12.1 Å². The molecule has 2 aromatic rings. The molecular weight excluding hydrogens is 349 g/mol. The summed E-state index contributed by atoms with van der Waals surface area (Å²) in [5.74, 6) is -0.0640. The fraction of sp³-hybridized carbons (Fsp3) is 0.385. The van der Waals surface area contributed by atoms with Crippen molar-refractivity contribution >= 4 is 52.6 Å². The highest BCUT2D eigenvalue weighted by Gasteiger charge is 2.16. The van der Waals surface area contributed by atoms with Gasteiger partial charge in [0.1, 0.15) is 9.88 Å². The summed E-state index contributed by atoms with van der Waals surface area (Å²) in [7, 11) is 0. The molecule has 8 heteroatoms. The lowest BCUT2D eigenvalue weighted by Crippen LogP contribution is -2.24. The van der Waals surface area contributed by atoms with Gasteiger partial charge in [-0.2, -0.15) is 0 Å². The highest BCUT2D eigenvalue weighted by atomic mass is 35.5. The first kappa shape index (κ1) is 18.4. The number of carbonyl (C=O) groups excluding carboxylic acids is 1. The second kappa shape index (κ2) is 8.70. The summed E-state index contributed by atoms with van der Waals surface area (Å²) in [6.07, 6.45) is 1.81. The highest BCUT2D eigenvalue weighted by molar-refractivity contribution is 7.24. The lowest BCUT2D eigenvalue weighted by molar-refractivity contribution is 0.0956. The highest BCUT2D eigenvalue weighted by Crippen LogP contribution is 2.34. The van der Waals surface area contributed by atoms with Gasteiger partial charge < -0.3 is 11.1 Å². The minimum absolute atomic E-state index is 0. The van der Waals surface area contributed by atoms with Gasteiger partial charge in [0.2, 0.25) is 0 Å². The van der Waals surface area contributed by atoms with E-state index in [2.05, 4.69) is 10.3 Å². The summed E-state index contributed by atoms with van der Waals surface area (Å²) in [6, 6.07) is 3.76. The van der Waals surface area contributed by atoms with Crippen LogP contribution in [0.25, 0.3) is 9.88 Å². The van der Waals surface area contributed by atoms with Crippen LogP contribution in [-0.4, -0.2) is 24.0 Å². The van der Waals surface area contributed by atoms with Gasteiger partial charge in [0.05, 0.1) is 14.9 Å². The lowest BCUT2D eigenvalue weighted by atomic mass is 10.3. The minimum Gasteiger partial charge on any atom is -0.351 e. The van der Waals surface area contributed by atoms with Crippen molar-refractivity contribution in [1.29, 1.82) is 0 Å². The molecule has 4 nitrogen and oxygen atoms in total. The van der Waals surface area contributed by atoms with E-state index < -0.39 is 0 Å². The predicted molar refractivity (Wildman–Crippen MR) is 93.0 cm³/mol. The van der Waals surface area contributed by atoms with Crippen molar-refractivity contribution in [1.82, 2.24) is 10.3 Å². The van der Waals surface area contributed by atoms with Crippen LogP contribution in [0, 0.1) is 6.92 Å². The van der Waals surface area contributed by atoms with Gasteiger partial charge in [0, 0.05) is 6.54 Å². The monoisotopic (exact) mass is 365 g/mol. The molecule has 2 rings (SSSR count). The summed E-state index contributed by atoms with van der Waals surface area (Å²) >= 11 is 8.79. The summed E-state index contributed by atoms with van der Waals surface area (Å²) in [4.78, 5) is 18.2. The fourth-order valence-electron chi connectivity index (χ4n) is 1.69. The third-order valence-electron chi connectivity index (χ3n) is 2.70. The Balaban J connectivity index is 0.00000220. The Morgan fingerprint density at radius 2 is 2.14 bits per heavy atom. The molecule has 1 amide bonds. The lowest BCUT2D eigenvalue weighted by Gasteiger charge is -2.02. The van der Waals surface area contributed by atoms with E-state index in [9.17, 15) is 4.79 Å². The maximum absolute atomic E-state index is 12.1. The second-order valence-corrected chi connectivity index (χ2v) is 7.00. The van der Waals surface area contributed by atoms with E-state index in [0.29, 0.717) is 18.0 Å². The molecule has 0 aliphatic carbocycles. The Morgan fingerprint density at radius 3 is 2.76 bits per heavy atom. The maximum Gasteiger partial charge on any atom is 0.263 e. The zero-order valence-corrected chi connectivity index (χ0v) is 14.7. The van der Waals surface area contributed by atoms with Crippen molar-refractivity contribution in [3.63, 3.8) is 0 Å². The summed E-state index contributed by atoms with van der Waals surface area (Å²) in [5, 5.41) is 3.74. The molecule has 0 aliphatic heterocycles. The van der Waals surface area contributed by atoms with Gasteiger partial charge in [-0.25, -0.2) is 4.98 Å². The number of hydrogen-bond donors (Lipinski definition) is 2. The first-order chi connectivity index (χ1) is 9.61. The first-order valence-electron chi connectivity index (χ1n) is 6.33. The smallest absolute Gasteiger partial charge is 0.263 e. The molecule has 0 aliphatic rings. The first-order valence-corrected chi connectivity index (χ1v) is 8.34. The van der Waals surface area contributed by atoms with Gasteiger partial charge >= 0.3 is 0 Å². The number of aryl methyl sites for hydroxylation is 1. The van der Waals surface area contributed by atoms with E-state index >= 15 is 0 Å². The predicted octanol–water partition coefficient (Wildman–Crippen LogP) is 3.72. The Labute approximate surface area is 143 Å². The average Bonchev–Trinajstić information content (AvgIpc) is 3.00. The molecule has 0 saturated heterocycles. The van der Waals surface area contributed by atoms with Crippen LogP contribution in [0.5, 0.6) is 0 Å². The van der Waals surface area contributed by atoms with Crippen molar-refractivity contribution in [3.05, 3.63) is 27.0 Å². The number of carbonyl (C=O) groups is 1. The molecule has 3 N–H and O–H groups in total. The molecular formula is C13H17Cl2N3OS2. The molecule has 0 aromatic carbocycles. The van der Waals surface area contributed by atoms with Crippen LogP contribution in [0.4, 0.5) is 0 Å². The van der Waals surface area contributed by atoms with Crippen LogP contribution in [0.2, 0.25) is 4.34 Å². The number of nitrogens with two attached hydrogens (primary N) is 1. The van der Waals surface area contributed by atoms with Crippen molar-refractivity contribution < 1.29 is 4.79 Å². The van der Waals surface area contributed by atoms with Crippen LogP contribution in [0.1, 0.15) is 28.2 Å². The topological polar surface area (TPSA) is 68.0 Å².